The van der Waals surface area contributed by atoms with E-state index >= 15 is 0 Å². The van der Waals surface area contributed by atoms with Gasteiger partial charge < -0.3 is 15.5 Å². The van der Waals surface area contributed by atoms with E-state index < -0.39 is 5.91 Å². The third-order valence-corrected chi connectivity index (χ3v) is 4.29. The van der Waals surface area contributed by atoms with Crippen LogP contribution in [0.15, 0.2) is 39.8 Å². The summed E-state index contributed by atoms with van der Waals surface area (Å²) >= 11 is 15.0. The largest absolute Gasteiger partial charge is 0.507 e. The normalized spacial score (nSPS) is 12.3. The lowest BCUT2D eigenvalue weighted by molar-refractivity contribution is 0.0949. The minimum absolute atomic E-state index is 0.102. The minimum Gasteiger partial charge on any atom is -0.507 e. The summed E-state index contributed by atoms with van der Waals surface area (Å²) in [6.07, 6.45) is 1.44. The van der Waals surface area contributed by atoms with Crippen LogP contribution in [0.25, 0.3) is 0 Å². The number of hydrogen-bond donors (Lipinski definition) is 3. The molecule has 2 aromatic carbocycles. The molecular formula is C17H15BrCl2N2O3. The van der Waals surface area contributed by atoms with Crippen molar-refractivity contribution in [3.63, 3.8) is 0 Å². The molecular weight excluding hydrogens is 431 g/mol. The summed E-state index contributed by atoms with van der Waals surface area (Å²) in [5.74, 6) is -0.616. The van der Waals surface area contributed by atoms with Crippen molar-refractivity contribution in [2.45, 2.75) is 13.0 Å². The van der Waals surface area contributed by atoms with Crippen molar-refractivity contribution in [1.29, 1.82) is 0 Å². The molecule has 0 spiro atoms. The van der Waals surface area contributed by atoms with Crippen molar-refractivity contribution in [3.8, 4) is 11.5 Å². The maximum Gasteiger partial charge on any atom is 0.255 e. The van der Waals surface area contributed by atoms with Gasteiger partial charge in [0.15, 0.2) is 0 Å². The fourth-order valence-corrected chi connectivity index (χ4v) is 2.84. The molecule has 25 heavy (non-hydrogen) atoms. The van der Waals surface area contributed by atoms with Crippen LogP contribution in [0.5, 0.6) is 11.5 Å². The smallest absolute Gasteiger partial charge is 0.255 e. The highest BCUT2D eigenvalue weighted by Gasteiger charge is 2.12. The second-order valence-corrected chi connectivity index (χ2v) is 7.08. The number of carbonyl (C=O) groups excluding carboxylic acids is 1. The summed E-state index contributed by atoms with van der Waals surface area (Å²) in [6.45, 7) is 2.04. The number of phenolic OH excluding ortho intramolecular Hbond substituents is 2. The highest BCUT2D eigenvalue weighted by atomic mass is 79.9. The zero-order valence-electron chi connectivity index (χ0n) is 13.1. The van der Waals surface area contributed by atoms with E-state index in [1.165, 1.54) is 30.5 Å². The van der Waals surface area contributed by atoms with Crippen molar-refractivity contribution in [2.75, 3.05) is 6.54 Å². The molecule has 0 aliphatic rings. The summed E-state index contributed by atoms with van der Waals surface area (Å²) < 4.78 is 0.690. The Morgan fingerprint density at radius 2 is 2.04 bits per heavy atom. The van der Waals surface area contributed by atoms with Crippen LogP contribution in [0, 0.1) is 0 Å². The molecule has 0 radical (unpaired) electrons. The SMILES string of the molecule is CC(CNC(=O)c1cc(Br)ccc1O)N=Cc1cc(Cl)cc(Cl)c1O. The molecule has 1 amide bonds. The number of hydrogen-bond acceptors (Lipinski definition) is 4. The molecule has 0 aliphatic carbocycles. The fraction of sp³-hybridized carbons (Fsp3) is 0.176. The van der Waals surface area contributed by atoms with Crippen molar-refractivity contribution in [3.05, 3.63) is 56.0 Å². The van der Waals surface area contributed by atoms with E-state index in [1.807, 2.05) is 0 Å². The zero-order valence-corrected chi connectivity index (χ0v) is 16.2. The molecule has 132 valence electrons. The van der Waals surface area contributed by atoms with Crippen LogP contribution in [0.3, 0.4) is 0 Å². The van der Waals surface area contributed by atoms with Gasteiger partial charge in [-0.05, 0) is 37.3 Å². The highest BCUT2D eigenvalue weighted by molar-refractivity contribution is 9.10. The van der Waals surface area contributed by atoms with Crippen LogP contribution in [-0.2, 0) is 0 Å². The topological polar surface area (TPSA) is 81.9 Å². The first kappa shape index (κ1) is 19.6. The summed E-state index contributed by atoms with van der Waals surface area (Å²) in [7, 11) is 0. The Kier molecular flexibility index (Phi) is 6.70. The van der Waals surface area contributed by atoms with Crippen LogP contribution >= 0.6 is 39.1 Å². The Morgan fingerprint density at radius 1 is 1.32 bits per heavy atom. The average Bonchev–Trinajstić information content (AvgIpc) is 2.56. The van der Waals surface area contributed by atoms with Crippen LogP contribution in [0.1, 0.15) is 22.8 Å². The molecule has 0 heterocycles. The van der Waals surface area contributed by atoms with Crippen molar-refractivity contribution in [1.82, 2.24) is 5.32 Å². The third-order valence-electron chi connectivity index (χ3n) is 3.29. The van der Waals surface area contributed by atoms with E-state index in [4.69, 9.17) is 23.2 Å². The van der Waals surface area contributed by atoms with E-state index in [2.05, 4.69) is 26.2 Å². The second-order valence-electron chi connectivity index (χ2n) is 5.32. The molecule has 0 aliphatic heterocycles. The van der Waals surface area contributed by atoms with Gasteiger partial charge in [0, 0.05) is 27.8 Å². The number of amides is 1. The number of rotatable bonds is 5. The molecule has 0 fully saturated rings. The number of nitrogens with one attached hydrogen (secondary N) is 1. The van der Waals surface area contributed by atoms with Gasteiger partial charge >= 0.3 is 0 Å². The minimum atomic E-state index is -0.408. The second kappa shape index (κ2) is 8.56. The van der Waals surface area contributed by atoms with Gasteiger partial charge in [-0.15, -0.1) is 0 Å². The predicted molar refractivity (Wildman–Crippen MR) is 103 cm³/mol. The monoisotopic (exact) mass is 444 g/mol. The summed E-state index contributed by atoms with van der Waals surface area (Å²) in [4.78, 5) is 16.4. The quantitative estimate of drug-likeness (QED) is 0.596. The van der Waals surface area contributed by atoms with Crippen LogP contribution in [-0.4, -0.2) is 34.9 Å². The Balaban J connectivity index is 2.00. The standard InChI is InChI=1S/C17H15BrCl2N2O3/c1-9(21-8-10-4-12(19)6-14(20)16(10)24)7-22-17(25)13-5-11(18)2-3-15(13)23/h2-6,8-9,23-24H,7H2,1H3,(H,22,25). The van der Waals surface area contributed by atoms with E-state index in [1.54, 1.807) is 13.0 Å². The van der Waals surface area contributed by atoms with Crippen LogP contribution < -0.4 is 5.32 Å². The van der Waals surface area contributed by atoms with Gasteiger partial charge in [0.25, 0.3) is 5.91 Å². The molecule has 0 saturated carbocycles. The maximum atomic E-state index is 12.1. The van der Waals surface area contributed by atoms with Crippen molar-refractivity contribution >= 4 is 51.3 Å². The summed E-state index contributed by atoms with van der Waals surface area (Å²) in [5, 5.41) is 22.8. The first-order chi connectivity index (χ1) is 11.8. The van der Waals surface area contributed by atoms with E-state index in [0.717, 1.165) is 0 Å². The highest BCUT2D eigenvalue weighted by Crippen LogP contribution is 2.30. The average molecular weight is 446 g/mol. The van der Waals surface area contributed by atoms with Gasteiger partial charge in [-0.25, -0.2) is 0 Å². The number of aromatic hydroxyl groups is 2. The molecule has 0 saturated heterocycles. The number of aliphatic imine (C=N–C) groups is 1. The first-order valence-electron chi connectivity index (χ1n) is 7.26. The predicted octanol–water partition coefficient (Wildman–Crippen LogP) is 4.40. The molecule has 0 aromatic heterocycles. The molecule has 8 heteroatoms. The number of halogens is 3. The Morgan fingerprint density at radius 3 is 2.76 bits per heavy atom. The number of nitrogens with zero attached hydrogens (tertiary/aromatic N) is 1. The maximum absolute atomic E-state index is 12.1. The molecule has 5 nitrogen and oxygen atoms in total. The number of phenols is 2. The lowest BCUT2D eigenvalue weighted by Crippen LogP contribution is -2.30. The third kappa shape index (κ3) is 5.36. The van der Waals surface area contributed by atoms with Crippen molar-refractivity contribution in [2.24, 2.45) is 4.99 Å². The van der Waals surface area contributed by atoms with E-state index in [0.29, 0.717) is 15.1 Å². The van der Waals surface area contributed by atoms with Crippen LogP contribution in [0.2, 0.25) is 10.0 Å². The van der Waals surface area contributed by atoms with Gasteiger partial charge in [-0.1, -0.05) is 39.1 Å². The van der Waals surface area contributed by atoms with Gasteiger partial charge in [0.1, 0.15) is 11.5 Å². The zero-order chi connectivity index (χ0) is 18.6. The van der Waals surface area contributed by atoms with Crippen molar-refractivity contribution < 1.29 is 15.0 Å². The molecule has 2 rings (SSSR count). The van der Waals surface area contributed by atoms with Gasteiger partial charge in [0.05, 0.1) is 16.6 Å². The lowest BCUT2D eigenvalue weighted by atomic mass is 10.2. The lowest BCUT2D eigenvalue weighted by Gasteiger charge is -2.10. The van der Waals surface area contributed by atoms with Gasteiger partial charge in [0.2, 0.25) is 0 Å². The van der Waals surface area contributed by atoms with E-state index in [9.17, 15) is 15.0 Å². The molecule has 2 aromatic rings. The Hall–Kier alpha value is -1.76. The number of carbonyl (C=O) groups is 1. The molecule has 1 atom stereocenters. The Bertz CT molecular complexity index is 828. The number of benzene rings is 2. The molecule has 0 bridgehead atoms. The summed E-state index contributed by atoms with van der Waals surface area (Å²) in [5.41, 5.74) is 0.560. The Labute approximate surface area is 163 Å². The van der Waals surface area contributed by atoms with E-state index in [-0.39, 0.29) is 34.7 Å². The summed E-state index contributed by atoms with van der Waals surface area (Å²) in [6, 6.07) is 7.31. The fourth-order valence-electron chi connectivity index (χ4n) is 1.97. The molecule has 3 N–H and O–H groups in total. The molecule has 1 unspecified atom stereocenters. The van der Waals surface area contributed by atoms with Gasteiger partial charge in [-0.3, -0.25) is 9.79 Å². The van der Waals surface area contributed by atoms with Crippen LogP contribution in [0.4, 0.5) is 0 Å². The van der Waals surface area contributed by atoms with Gasteiger partial charge in [-0.2, -0.15) is 0 Å². The first-order valence-corrected chi connectivity index (χ1v) is 8.80.